The number of anilines is 2. The third kappa shape index (κ3) is 5.35. The van der Waals surface area contributed by atoms with Gasteiger partial charge < -0.3 is 20.1 Å². The molecule has 0 unspecified atom stereocenters. The van der Waals surface area contributed by atoms with E-state index in [1.54, 1.807) is 30.3 Å². The molecule has 2 aromatic carbocycles. The number of ether oxygens (including phenoxy) is 2. The van der Waals surface area contributed by atoms with Crippen LogP contribution in [-0.4, -0.2) is 23.4 Å². The summed E-state index contributed by atoms with van der Waals surface area (Å²) in [6.07, 6.45) is -3.02. The predicted octanol–water partition coefficient (Wildman–Crippen LogP) is 5.06. The Kier molecular flexibility index (Phi) is 6.10. The van der Waals surface area contributed by atoms with Crippen molar-refractivity contribution in [3.8, 4) is 17.2 Å². The monoisotopic (exact) mass is 477 g/mol. The smallest absolute Gasteiger partial charge is 0.417 e. The molecule has 1 aliphatic rings. The summed E-state index contributed by atoms with van der Waals surface area (Å²) in [7, 11) is 0. The van der Waals surface area contributed by atoms with Gasteiger partial charge in [0.05, 0.1) is 29.2 Å². The molecule has 0 saturated carbocycles. The van der Waals surface area contributed by atoms with Crippen molar-refractivity contribution >= 4 is 34.9 Å². The molecule has 0 bridgehead atoms. The van der Waals surface area contributed by atoms with Gasteiger partial charge in [-0.2, -0.15) is 13.2 Å². The number of nitrogens with zero attached hydrogens (tertiary/aromatic N) is 1. The van der Waals surface area contributed by atoms with Crippen molar-refractivity contribution in [1.29, 1.82) is 0 Å². The van der Waals surface area contributed by atoms with Gasteiger partial charge in [0.1, 0.15) is 5.75 Å². The Morgan fingerprint density at radius 3 is 2.58 bits per heavy atom. The molecule has 1 amide bonds. The summed E-state index contributed by atoms with van der Waals surface area (Å²) in [4.78, 5) is 27.6. The minimum Gasteiger partial charge on any atom is -0.453 e. The number of rotatable bonds is 6. The summed E-state index contributed by atoms with van der Waals surface area (Å²) in [5.41, 5.74) is 0.0359. The van der Waals surface area contributed by atoms with Crippen LogP contribution in [0.3, 0.4) is 0 Å². The van der Waals surface area contributed by atoms with Gasteiger partial charge in [0.25, 0.3) is 0 Å². The second-order valence-corrected chi connectivity index (χ2v) is 7.36. The van der Waals surface area contributed by atoms with E-state index < -0.39 is 28.6 Å². The lowest BCUT2D eigenvalue weighted by Gasteiger charge is -2.12. The van der Waals surface area contributed by atoms with Crippen molar-refractivity contribution in [1.82, 2.24) is 4.98 Å². The minimum absolute atomic E-state index is 0.0205. The van der Waals surface area contributed by atoms with Crippen LogP contribution in [0, 0.1) is 0 Å². The van der Waals surface area contributed by atoms with E-state index in [1.165, 1.54) is 12.3 Å². The average molecular weight is 478 g/mol. The number of carbonyl (C=O) groups excluding carboxylic acids is 2. The lowest BCUT2D eigenvalue weighted by molar-refractivity contribution is -0.137. The Morgan fingerprint density at radius 1 is 1.12 bits per heavy atom. The first-order valence-electron chi connectivity index (χ1n) is 9.56. The highest BCUT2D eigenvalue weighted by atomic mass is 35.5. The lowest BCUT2D eigenvalue weighted by Crippen LogP contribution is -2.22. The molecule has 0 fully saturated rings. The highest BCUT2D eigenvalue weighted by molar-refractivity contribution is 6.31. The maximum atomic E-state index is 12.9. The number of hydrogen-bond donors (Lipinski definition) is 2. The molecule has 1 aromatic heterocycles. The molecule has 2 N–H and O–H groups in total. The van der Waals surface area contributed by atoms with E-state index in [0.29, 0.717) is 22.9 Å². The molecule has 0 spiro atoms. The van der Waals surface area contributed by atoms with Crippen molar-refractivity contribution < 1.29 is 32.2 Å². The maximum Gasteiger partial charge on any atom is 0.417 e. The number of amides is 1. The average Bonchev–Trinajstić information content (AvgIpc) is 3.15. The van der Waals surface area contributed by atoms with Gasteiger partial charge in [-0.05, 0) is 42.5 Å². The number of hydrogen-bond acceptors (Lipinski definition) is 6. The number of alkyl halides is 3. The van der Waals surface area contributed by atoms with Gasteiger partial charge in [-0.1, -0.05) is 11.6 Å². The second-order valence-electron chi connectivity index (χ2n) is 6.96. The quantitative estimate of drug-likeness (QED) is 0.482. The van der Waals surface area contributed by atoms with E-state index in [2.05, 4.69) is 15.6 Å². The molecule has 2 heterocycles. The molecule has 33 heavy (non-hydrogen) atoms. The molecule has 11 heteroatoms. The third-order valence-corrected chi connectivity index (χ3v) is 4.89. The van der Waals surface area contributed by atoms with Crippen LogP contribution in [0.1, 0.15) is 11.3 Å². The first-order valence-corrected chi connectivity index (χ1v) is 9.94. The number of esters is 1. The summed E-state index contributed by atoms with van der Waals surface area (Å²) in [6.45, 7) is -0.183. The van der Waals surface area contributed by atoms with Gasteiger partial charge in [0.15, 0.2) is 11.5 Å². The summed E-state index contributed by atoms with van der Waals surface area (Å²) in [6, 6.07) is 11.3. The second kappa shape index (κ2) is 8.99. The van der Waals surface area contributed by atoms with E-state index in [0.717, 1.165) is 12.1 Å². The summed E-state index contributed by atoms with van der Waals surface area (Å²) in [5.74, 6) is 0.158. The number of aromatic nitrogens is 1. The Morgan fingerprint density at radius 2 is 1.85 bits per heavy atom. The van der Waals surface area contributed by atoms with Gasteiger partial charge in [0, 0.05) is 23.6 Å². The molecule has 0 atom stereocenters. The topological polar surface area (TPSA) is 89.6 Å². The molecular formula is C22H15ClF3N3O4. The SMILES string of the molecule is O=C(CNc1ccc(Oc2ccnc3c2OC(=O)C3)cc1)Nc1ccc(Cl)c(C(F)(F)F)c1. The van der Waals surface area contributed by atoms with Gasteiger partial charge in [-0.25, -0.2) is 0 Å². The van der Waals surface area contributed by atoms with Gasteiger partial charge in [-0.15, -0.1) is 0 Å². The number of carbonyl (C=O) groups is 2. The zero-order valence-electron chi connectivity index (χ0n) is 16.7. The largest absolute Gasteiger partial charge is 0.453 e. The Balaban J connectivity index is 1.34. The predicted molar refractivity (Wildman–Crippen MR) is 114 cm³/mol. The fraction of sp³-hybridized carbons (Fsp3) is 0.136. The van der Waals surface area contributed by atoms with E-state index >= 15 is 0 Å². The summed E-state index contributed by atoms with van der Waals surface area (Å²) >= 11 is 5.58. The molecule has 0 aliphatic carbocycles. The number of halogens is 4. The van der Waals surface area contributed by atoms with Crippen LogP contribution in [0.5, 0.6) is 17.2 Å². The van der Waals surface area contributed by atoms with Crippen molar-refractivity contribution in [2.24, 2.45) is 0 Å². The summed E-state index contributed by atoms with van der Waals surface area (Å²) in [5, 5.41) is 4.81. The third-order valence-electron chi connectivity index (χ3n) is 4.56. The highest BCUT2D eigenvalue weighted by Crippen LogP contribution is 2.38. The zero-order chi connectivity index (χ0) is 23.6. The van der Waals surface area contributed by atoms with Gasteiger partial charge >= 0.3 is 12.1 Å². The van der Waals surface area contributed by atoms with Crippen LogP contribution >= 0.6 is 11.6 Å². The normalized spacial score (nSPS) is 12.7. The highest BCUT2D eigenvalue weighted by Gasteiger charge is 2.33. The zero-order valence-corrected chi connectivity index (χ0v) is 17.5. The van der Waals surface area contributed by atoms with Crippen molar-refractivity contribution in [3.63, 3.8) is 0 Å². The molecule has 0 saturated heterocycles. The van der Waals surface area contributed by atoms with Crippen LogP contribution in [-0.2, 0) is 22.2 Å². The van der Waals surface area contributed by atoms with Crippen LogP contribution in [0.15, 0.2) is 54.7 Å². The number of pyridine rings is 1. The van der Waals surface area contributed by atoms with Crippen LogP contribution in [0.4, 0.5) is 24.5 Å². The molecule has 1 aliphatic heterocycles. The van der Waals surface area contributed by atoms with Gasteiger partial charge in [-0.3, -0.25) is 14.6 Å². The Labute approximate surface area is 190 Å². The molecule has 7 nitrogen and oxygen atoms in total. The van der Waals surface area contributed by atoms with Crippen molar-refractivity contribution in [2.45, 2.75) is 12.6 Å². The van der Waals surface area contributed by atoms with Crippen LogP contribution in [0.25, 0.3) is 0 Å². The summed E-state index contributed by atoms with van der Waals surface area (Å²) < 4.78 is 49.7. The van der Waals surface area contributed by atoms with E-state index in [9.17, 15) is 22.8 Å². The number of benzene rings is 2. The van der Waals surface area contributed by atoms with Crippen molar-refractivity contribution in [3.05, 3.63) is 71.0 Å². The van der Waals surface area contributed by atoms with E-state index in [-0.39, 0.29) is 24.4 Å². The Hall–Kier alpha value is -3.79. The van der Waals surface area contributed by atoms with Crippen LogP contribution < -0.4 is 20.1 Å². The number of nitrogens with one attached hydrogen (secondary N) is 2. The molecule has 0 radical (unpaired) electrons. The first-order chi connectivity index (χ1) is 15.7. The van der Waals surface area contributed by atoms with E-state index in [1.807, 2.05) is 0 Å². The van der Waals surface area contributed by atoms with Crippen LogP contribution in [0.2, 0.25) is 5.02 Å². The van der Waals surface area contributed by atoms with Gasteiger partial charge in [0.2, 0.25) is 5.91 Å². The fourth-order valence-electron chi connectivity index (χ4n) is 3.05. The molecular weight excluding hydrogens is 463 g/mol. The standard InChI is InChI=1S/C22H15ClF3N3O4/c23-16-6-3-13(9-15(16)22(24,25)26)29-19(30)11-28-12-1-4-14(5-2-12)32-18-7-8-27-17-10-20(31)33-21(17)18/h1-9,28H,10-11H2,(H,29,30). The lowest BCUT2D eigenvalue weighted by atomic mass is 10.2. The van der Waals surface area contributed by atoms with Crippen molar-refractivity contribution in [2.75, 3.05) is 17.2 Å². The number of fused-ring (bicyclic) bond motifs is 1. The minimum atomic E-state index is -4.63. The van der Waals surface area contributed by atoms with E-state index in [4.69, 9.17) is 21.1 Å². The first kappa shape index (κ1) is 22.4. The molecule has 3 aromatic rings. The fourth-order valence-corrected chi connectivity index (χ4v) is 3.27. The molecule has 170 valence electrons. The molecule has 4 rings (SSSR count). The Bertz CT molecular complexity index is 1220. The maximum absolute atomic E-state index is 12.9.